The lowest BCUT2D eigenvalue weighted by atomic mass is 9.78. The molecular weight excluding hydrogens is 364 g/mol. The van der Waals surface area contributed by atoms with Gasteiger partial charge in [0, 0.05) is 17.8 Å². The van der Waals surface area contributed by atoms with E-state index in [1.54, 1.807) is 6.92 Å². The number of carbonyl (C=O) groups is 3. The van der Waals surface area contributed by atoms with E-state index in [1.807, 2.05) is 13.8 Å². The molecule has 1 aliphatic rings. The van der Waals surface area contributed by atoms with Crippen molar-refractivity contribution in [1.82, 2.24) is 5.32 Å². The summed E-state index contributed by atoms with van der Waals surface area (Å²) < 4.78 is 5.42. The highest BCUT2D eigenvalue weighted by molar-refractivity contribution is 7.16. The van der Waals surface area contributed by atoms with Gasteiger partial charge in [0.05, 0.1) is 5.56 Å². The minimum absolute atomic E-state index is 0.113. The Balaban J connectivity index is 2.05. The van der Waals surface area contributed by atoms with Crippen LogP contribution >= 0.6 is 11.3 Å². The first-order chi connectivity index (χ1) is 12.6. The standard InChI is InChI=1S/C20H30N2O4S/c1-10-8-7-9-16(11(10)2)22-18(24)13(4)26-20(25)17-12(3)14(5)27-19(17)21-15(6)23/h10-11,13,16H,7-9H2,1-6H3,(H,21,23)(H,22,24)/t10-,11-,13-,16+/m0/s1. The zero-order chi connectivity index (χ0) is 20.3. The number of rotatable bonds is 5. The van der Waals surface area contributed by atoms with Crippen molar-refractivity contribution in [2.24, 2.45) is 11.8 Å². The summed E-state index contributed by atoms with van der Waals surface area (Å²) >= 11 is 1.33. The SMILES string of the molecule is CC(=O)Nc1sc(C)c(C)c1C(=O)O[C@@H](C)C(=O)N[C@@H]1CCC[C@H](C)[C@@H]1C. The number of thiophene rings is 1. The summed E-state index contributed by atoms with van der Waals surface area (Å²) in [5.74, 6) is -0.151. The van der Waals surface area contributed by atoms with Gasteiger partial charge in [-0.15, -0.1) is 11.3 Å². The van der Waals surface area contributed by atoms with E-state index in [2.05, 4.69) is 24.5 Å². The van der Waals surface area contributed by atoms with Crippen molar-refractivity contribution in [2.75, 3.05) is 5.32 Å². The predicted molar refractivity (Wildman–Crippen MR) is 107 cm³/mol. The first kappa shape index (κ1) is 21.4. The van der Waals surface area contributed by atoms with Gasteiger partial charge in [0.2, 0.25) is 5.91 Å². The van der Waals surface area contributed by atoms with Crippen molar-refractivity contribution < 1.29 is 19.1 Å². The molecule has 2 amide bonds. The third-order valence-electron chi connectivity index (χ3n) is 5.57. The fourth-order valence-electron chi connectivity index (χ4n) is 3.48. The first-order valence-corrected chi connectivity index (χ1v) is 10.3. The monoisotopic (exact) mass is 394 g/mol. The molecule has 150 valence electrons. The Bertz CT molecular complexity index is 728. The van der Waals surface area contributed by atoms with Crippen molar-refractivity contribution in [3.63, 3.8) is 0 Å². The minimum atomic E-state index is -0.897. The summed E-state index contributed by atoms with van der Waals surface area (Å²) in [6, 6.07) is 0.113. The largest absolute Gasteiger partial charge is 0.449 e. The van der Waals surface area contributed by atoms with Crippen LogP contribution in [0.3, 0.4) is 0 Å². The van der Waals surface area contributed by atoms with Crippen molar-refractivity contribution in [1.29, 1.82) is 0 Å². The van der Waals surface area contributed by atoms with Gasteiger partial charge in [0.25, 0.3) is 5.91 Å². The van der Waals surface area contributed by atoms with Gasteiger partial charge in [0.1, 0.15) is 5.00 Å². The van der Waals surface area contributed by atoms with Crippen LogP contribution in [0.4, 0.5) is 5.00 Å². The summed E-state index contributed by atoms with van der Waals surface area (Å²) in [6.45, 7) is 11.0. The number of nitrogens with one attached hydrogen (secondary N) is 2. The van der Waals surface area contributed by atoms with E-state index in [1.165, 1.54) is 24.7 Å². The average molecular weight is 395 g/mol. The van der Waals surface area contributed by atoms with Gasteiger partial charge in [-0.1, -0.05) is 26.7 Å². The number of hydrogen-bond donors (Lipinski definition) is 2. The van der Waals surface area contributed by atoms with Gasteiger partial charge in [-0.3, -0.25) is 9.59 Å². The molecule has 0 unspecified atom stereocenters. The number of esters is 1. The number of hydrogen-bond acceptors (Lipinski definition) is 5. The van der Waals surface area contributed by atoms with E-state index in [0.717, 1.165) is 23.3 Å². The predicted octanol–water partition coefficient (Wildman–Crippen LogP) is 3.81. The van der Waals surface area contributed by atoms with Crippen LogP contribution in [0, 0.1) is 25.7 Å². The smallest absolute Gasteiger partial charge is 0.342 e. The molecule has 1 aromatic rings. The molecule has 6 nitrogen and oxygen atoms in total. The fourth-order valence-corrected chi connectivity index (χ4v) is 4.57. The first-order valence-electron chi connectivity index (χ1n) is 9.50. The van der Waals surface area contributed by atoms with E-state index in [4.69, 9.17) is 4.74 Å². The molecule has 2 rings (SSSR count). The number of ether oxygens (including phenoxy) is 1. The van der Waals surface area contributed by atoms with Crippen LogP contribution in [0.1, 0.15) is 67.8 Å². The highest BCUT2D eigenvalue weighted by Gasteiger charge is 2.31. The molecule has 1 fully saturated rings. The van der Waals surface area contributed by atoms with Crippen LogP contribution in [-0.4, -0.2) is 29.9 Å². The van der Waals surface area contributed by atoms with E-state index in [9.17, 15) is 14.4 Å². The third-order valence-corrected chi connectivity index (χ3v) is 6.69. The molecule has 0 radical (unpaired) electrons. The molecule has 27 heavy (non-hydrogen) atoms. The molecule has 0 saturated heterocycles. The Hall–Kier alpha value is -1.89. The van der Waals surface area contributed by atoms with Gasteiger partial charge < -0.3 is 15.4 Å². The highest BCUT2D eigenvalue weighted by Crippen LogP contribution is 2.33. The lowest BCUT2D eigenvalue weighted by molar-refractivity contribution is -0.130. The normalized spacial score (nSPS) is 23.4. The summed E-state index contributed by atoms with van der Waals surface area (Å²) in [7, 11) is 0. The Morgan fingerprint density at radius 1 is 1.19 bits per heavy atom. The van der Waals surface area contributed by atoms with Gasteiger partial charge in [-0.2, -0.15) is 0 Å². The van der Waals surface area contributed by atoms with Crippen molar-refractivity contribution in [2.45, 2.75) is 73.0 Å². The van der Waals surface area contributed by atoms with Crippen LogP contribution < -0.4 is 10.6 Å². The average Bonchev–Trinajstić information content (AvgIpc) is 2.85. The summed E-state index contributed by atoms with van der Waals surface area (Å²) in [5.41, 5.74) is 1.09. The highest BCUT2D eigenvalue weighted by atomic mass is 32.1. The molecule has 2 N–H and O–H groups in total. The van der Waals surface area contributed by atoms with Crippen molar-refractivity contribution in [3.05, 3.63) is 16.0 Å². The molecule has 4 atom stereocenters. The molecule has 0 spiro atoms. The molecule has 1 aromatic heterocycles. The van der Waals surface area contributed by atoms with Crippen LogP contribution in [0.25, 0.3) is 0 Å². The second kappa shape index (κ2) is 8.87. The maximum Gasteiger partial charge on any atom is 0.342 e. The van der Waals surface area contributed by atoms with E-state index < -0.39 is 12.1 Å². The van der Waals surface area contributed by atoms with Gasteiger partial charge in [0.15, 0.2) is 6.10 Å². The zero-order valence-electron chi connectivity index (χ0n) is 17.0. The Morgan fingerprint density at radius 2 is 1.85 bits per heavy atom. The molecule has 1 saturated carbocycles. The van der Waals surface area contributed by atoms with Crippen LogP contribution in [-0.2, 0) is 14.3 Å². The van der Waals surface area contributed by atoms with Gasteiger partial charge in [-0.25, -0.2) is 4.79 Å². The Labute approximate surface area is 165 Å². The molecule has 7 heteroatoms. The molecule has 1 aliphatic carbocycles. The summed E-state index contributed by atoms with van der Waals surface area (Å²) in [5, 5.41) is 6.17. The Kier molecular flexibility index (Phi) is 7.03. The number of carbonyl (C=O) groups excluding carboxylic acids is 3. The lowest BCUT2D eigenvalue weighted by Crippen LogP contribution is -2.47. The maximum atomic E-state index is 12.7. The van der Waals surface area contributed by atoms with Crippen LogP contribution in [0.15, 0.2) is 0 Å². The molecule has 1 heterocycles. The molecule has 0 aliphatic heterocycles. The van der Waals surface area contributed by atoms with Gasteiger partial charge >= 0.3 is 5.97 Å². The quantitative estimate of drug-likeness (QED) is 0.744. The molecule has 0 bridgehead atoms. The maximum absolute atomic E-state index is 12.7. The summed E-state index contributed by atoms with van der Waals surface area (Å²) in [6.07, 6.45) is 2.33. The fraction of sp³-hybridized carbons (Fsp3) is 0.650. The van der Waals surface area contributed by atoms with Gasteiger partial charge in [-0.05, 0) is 44.6 Å². The number of amides is 2. The second-order valence-corrected chi connectivity index (χ2v) is 8.82. The number of anilines is 1. The van der Waals surface area contributed by atoms with Crippen molar-refractivity contribution >= 4 is 34.1 Å². The van der Waals surface area contributed by atoms with Crippen molar-refractivity contribution in [3.8, 4) is 0 Å². The van der Waals surface area contributed by atoms with Crippen LogP contribution in [0.5, 0.6) is 0 Å². The second-order valence-electron chi connectivity index (χ2n) is 7.60. The third kappa shape index (κ3) is 5.09. The minimum Gasteiger partial charge on any atom is -0.449 e. The summed E-state index contributed by atoms with van der Waals surface area (Å²) in [4.78, 5) is 37.5. The Morgan fingerprint density at radius 3 is 2.48 bits per heavy atom. The van der Waals surface area contributed by atoms with E-state index >= 15 is 0 Å². The topological polar surface area (TPSA) is 84.5 Å². The lowest BCUT2D eigenvalue weighted by Gasteiger charge is -2.35. The van der Waals surface area contributed by atoms with Crippen LogP contribution in [0.2, 0.25) is 0 Å². The van der Waals surface area contributed by atoms with E-state index in [0.29, 0.717) is 22.4 Å². The molecular formula is C20H30N2O4S. The zero-order valence-corrected chi connectivity index (χ0v) is 17.8. The molecule has 0 aromatic carbocycles. The van der Waals surface area contributed by atoms with E-state index in [-0.39, 0.29) is 17.9 Å². The number of aryl methyl sites for hydroxylation is 1.